The van der Waals surface area contributed by atoms with Crippen molar-refractivity contribution < 1.29 is 68.0 Å². The van der Waals surface area contributed by atoms with Crippen LogP contribution in [0.25, 0.3) is 0 Å². The predicted molar refractivity (Wildman–Crippen MR) is 462 cm³/mol. The number of rotatable bonds is 49. The summed E-state index contributed by atoms with van der Waals surface area (Å²) in [5, 5.41) is 33.9. The summed E-state index contributed by atoms with van der Waals surface area (Å²) in [5.74, 6) is -3.45. The van der Waals surface area contributed by atoms with Crippen molar-refractivity contribution in [3.63, 3.8) is 0 Å². The van der Waals surface area contributed by atoms with Crippen molar-refractivity contribution in [1.82, 2.24) is 30.2 Å². The smallest absolute Gasteiger partial charge is 0.326 e. The average molecular weight is 1630 g/mol. The van der Waals surface area contributed by atoms with Crippen LogP contribution < -0.4 is 15.4 Å². The first-order valence-corrected chi connectivity index (χ1v) is 39.8. The van der Waals surface area contributed by atoms with Gasteiger partial charge in [0.05, 0.1) is 12.1 Å². The lowest BCUT2D eigenvalue weighted by Crippen LogP contribution is -2.51. The van der Waals surface area contributed by atoms with Gasteiger partial charge in [-0.2, -0.15) is 81.0 Å². The molecular formula is C83H136N6O14S6. The molecule has 7 rings (SSSR count). The second-order valence-electron chi connectivity index (χ2n) is 29.2. The quantitative estimate of drug-likeness (QED) is 0.0329. The van der Waals surface area contributed by atoms with E-state index in [-0.39, 0.29) is 160 Å². The van der Waals surface area contributed by atoms with Crippen molar-refractivity contribution >= 4 is 140 Å². The minimum atomic E-state index is -1.19. The van der Waals surface area contributed by atoms with Crippen LogP contribution in [0.15, 0.2) is 78.9 Å². The summed E-state index contributed by atoms with van der Waals surface area (Å²) in [7, 11) is 0. The van der Waals surface area contributed by atoms with Crippen LogP contribution in [0.3, 0.4) is 0 Å². The molecule has 4 aliphatic rings. The molecule has 5 N–H and O–H groups in total. The summed E-state index contributed by atoms with van der Waals surface area (Å²) in [4.78, 5) is 136. The maximum absolute atomic E-state index is 13.7. The number of amides is 6. The highest BCUT2D eigenvalue weighted by Crippen LogP contribution is 2.30. The van der Waals surface area contributed by atoms with Crippen molar-refractivity contribution in [2.24, 2.45) is 0 Å². The number of likely N-dealkylation sites (tertiary alicyclic amines) is 4. The summed E-state index contributed by atoms with van der Waals surface area (Å²) in [6, 6.07) is 18.3. The third-order valence-electron chi connectivity index (χ3n) is 21.0. The zero-order valence-electron chi connectivity index (χ0n) is 65.3. The van der Waals surface area contributed by atoms with Gasteiger partial charge in [0.2, 0.25) is 35.4 Å². The van der Waals surface area contributed by atoms with E-state index in [9.17, 15) is 63.3 Å². The molecule has 0 spiro atoms. The van der Waals surface area contributed by atoms with E-state index < -0.39 is 60.0 Å². The fraction of sp³-hybridized carbons (Fsp3) is 0.663. The number of nitrogens with zero attached hydrogens (tertiary/aromatic N) is 4. The Morgan fingerprint density at radius 1 is 0.376 bits per heavy atom. The van der Waals surface area contributed by atoms with Crippen molar-refractivity contribution in [2.45, 2.75) is 326 Å². The number of unbranched alkanes of at least 4 members (excludes halogenated alkanes) is 24. The summed E-state index contributed by atoms with van der Waals surface area (Å²) in [6.07, 6.45) is 38.0. The Kier molecular flexibility index (Phi) is 57.1. The molecule has 0 bridgehead atoms. The minimum Gasteiger partial charge on any atom is -0.508 e. The molecule has 4 aliphatic heterocycles. The molecule has 0 saturated carbocycles. The summed E-state index contributed by atoms with van der Waals surface area (Å²) in [6.45, 7) is 6.95. The number of nitrogens with one attached hydrogen (secondary N) is 2. The van der Waals surface area contributed by atoms with Gasteiger partial charge >= 0.3 is 11.9 Å². The number of aliphatic carboxylic acids is 2. The van der Waals surface area contributed by atoms with Crippen LogP contribution in [0.4, 0.5) is 0 Å². The van der Waals surface area contributed by atoms with Crippen LogP contribution in [-0.2, 0) is 67.4 Å². The van der Waals surface area contributed by atoms with Gasteiger partial charge in [0, 0.05) is 77.5 Å². The van der Waals surface area contributed by atoms with E-state index in [4.69, 9.17) is 4.74 Å². The van der Waals surface area contributed by atoms with Crippen molar-refractivity contribution in [2.75, 3.05) is 26.2 Å². The number of carbonyl (C=O) groups excluding carboxylic acids is 8. The van der Waals surface area contributed by atoms with E-state index in [2.05, 4.69) is 24.5 Å². The number of carbonyl (C=O) groups is 10. The molecule has 6 amide bonds. The fourth-order valence-corrected chi connectivity index (χ4v) is 14.9. The number of hydrogen-bond donors (Lipinski definition) is 5. The van der Waals surface area contributed by atoms with E-state index >= 15 is 0 Å². The maximum Gasteiger partial charge on any atom is 0.326 e. The molecule has 26 heteroatoms. The standard InChI is InChI=1S/C45H65N3O7.C38H59N3O7.6H2S/c1-2-3-4-5-6-7-8-9-10-11-12-13-17-24-43(51)47-31-19-23-40(47)44(52)48-32-18-22-39(48)41(49)29-30-42(50)46-38(45(53)54)33-35-25-27-37(28-26-35)55-34-36-20-15-14-16-21-36;1-2-3-4-5-6-7-8-9-10-11-12-13-14-19-36(45)40-26-16-18-33(40)37(46)41-27-15-17-32(41)34(43)24-25-35(44)39-31(38(47)48)28-29-20-22-30(42)23-21-29;;;;;;/h14-16,20-21,25-28,38-40H,2-13,17-19,22-24,29-34H2,1H3,(H,46,50)(H,53,54);20-23,31-33,42H,2-19,24-28H2,1H3,(H,39,44)(H,47,48);6*1H2/t38-,39-,40-;31-,32-,33-;;;;;;/m00....../s1. The van der Waals surface area contributed by atoms with Crippen LogP contribution in [0, 0.1) is 0 Å². The second kappa shape index (κ2) is 60.1. The van der Waals surface area contributed by atoms with Crippen LogP contribution >= 0.6 is 81.0 Å². The molecule has 4 saturated heterocycles. The zero-order chi connectivity index (χ0) is 74.0. The van der Waals surface area contributed by atoms with Gasteiger partial charge in [0.25, 0.3) is 0 Å². The lowest BCUT2D eigenvalue weighted by Gasteiger charge is -2.31. The number of Topliss-reactive ketones (excluding diaryl/α,β-unsaturated/α-hetero) is 2. The molecule has 0 aromatic heterocycles. The number of phenolic OH excluding ortho intramolecular Hbond substituents is 1. The highest BCUT2D eigenvalue weighted by Gasteiger charge is 2.44. The number of benzene rings is 3. The number of carboxylic acids is 2. The Bertz CT molecular complexity index is 3090. The normalized spacial score (nSPS) is 16.7. The van der Waals surface area contributed by atoms with Crippen molar-refractivity contribution in [1.29, 1.82) is 0 Å². The van der Waals surface area contributed by atoms with E-state index in [1.165, 1.54) is 141 Å². The number of hydrogen-bond acceptors (Lipinski definition) is 12. The molecule has 0 radical (unpaired) electrons. The van der Waals surface area contributed by atoms with Gasteiger partial charge in [-0.25, -0.2) is 9.59 Å². The van der Waals surface area contributed by atoms with Gasteiger partial charge in [-0.3, -0.25) is 38.4 Å². The topological polar surface area (TPSA) is 278 Å². The summed E-state index contributed by atoms with van der Waals surface area (Å²) >= 11 is 0. The molecule has 0 aliphatic carbocycles. The number of ether oxygens (including phenoxy) is 1. The Morgan fingerprint density at radius 3 is 1.03 bits per heavy atom. The molecule has 3 aromatic carbocycles. The fourth-order valence-electron chi connectivity index (χ4n) is 14.9. The minimum absolute atomic E-state index is 0. The van der Waals surface area contributed by atoms with Gasteiger partial charge in [-0.1, -0.05) is 223 Å². The Hall–Kier alpha value is -5.54. The van der Waals surface area contributed by atoms with Gasteiger partial charge in [-0.15, -0.1) is 0 Å². The van der Waals surface area contributed by atoms with Crippen LogP contribution in [0.1, 0.15) is 287 Å². The van der Waals surface area contributed by atoms with Crippen molar-refractivity contribution in [3.05, 3.63) is 95.6 Å². The molecule has 6 atom stereocenters. The van der Waals surface area contributed by atoms with Gasteiger partial charge < -0.3 is 50.3 Å². The molecule has 618 valence electrons. The zero-order valence-corrected chi connectivity index (χ0v) is 71.3. The second-order valence-corrected chi connectivity index (χ2v) is 29.2. The van der Waals surface area contributed by atoms with E-state index in [1.807, 2.05) is 30.3 Å². The van der Waals surface area contributed by atoms with E-state index in [0.717, 1.165) is 62.5 Å². The number of phenols is 1. The number of aromatic hydroxyl groups is 1. The Morgan fingerprint density at radius 2 is 0.688 bits per heavy atom. The van der Waals surface area contributed by atoms with Gasteiger partial charge in [-0.05, 0) is 105 Å². The third-order valence-corrected chi connectivity index (χ3v) is 21.0. The Balaban J connectivity index is 0.00000205. The molecular weight excluding hydrogens is 1500 g/mol. The van der Waals surface area contributed by atoms with Gasteiger partial charge in [0.15, 0.2) is 11.6 Å². The van der Waals surface area contributed by atoms with Crippen LogP contribution in [0.5, 0.6) is 11.5 Å². The van der Waals surface area contributed by atoms with Crippen LogP contribution in [-0.4, -0.2) is 156 Å². The Labute approximate surface area is 693 Å². The molecule has 109 heavy (non-hydrogen) atoms. The first-order chi connectivity index (χ1) is 50.0. The molecule has 0 unspecified atom stereocenters. The van der Waals surface area contributed by atoms with Crippen molar-refractivity contribution in [3.8, 4) is 11.5 Å². The third kappa shape index (κ3) is 38.7. The largest absolute Gasteiger partial charge is 0.508 e. The SMILES string of the molecule is CCCCCCCCCCCCCCCC(=O)N1CCC[C@H]1C(=O)N1CCC[C@H]1C(=O)CCC(=O)N[C@@H](Cc1ccc(O)cc1)C(=O)O.CCCCCCCCCCCCCCCC(=O)N1CCC[C@H]1C(=O)N1CCC[C@H]1C(=O)CCC(=O)N[C@@H](Cc1ccc(OCc2ccccc2)cc1)C(=O)O.S.S.S.S.S.S. The number of ketones is 2. The number of carboxylic acid groups (broad SMARTS) is 2. The first-order valence-electron chi connectivity index (χ1n) is 39.8. The lowest BCUT2D eigenvalue weighted by atomic mass is 10.0. The molecule has 3 aromatic rings. The van der Waals surface area contributed by atoms with Gasteiger partial charge in [0.1, 0.15) is 42.3 Å². The average Bonchev–Trinajstić information content (AvgIpc) is 1.69. The van der Waals surface area contributed by atoms with Crippen LogP contribution in [0.2, 0.25) is 0 Å². The lowest BCUT2D eigenvalue weighted by molar-refractivity contribution is -0.146. The highest BCUT2D eigenvalue weighted by molar-refractivity contribution is 7.60. The van der Waals surface area contributed by atoms with E-state index in [0.29, 0.717) is 95.5 Å². The highest BCUT2D eigenvalue weighted by atomic mass is 32.1. The molecule has 4 heterocycles. The molecule has 20 nitrogen and oxygen atoms in total. The monoisotopic (exact) mass is 1630 g/mol. The maximum atomic E-state index is 13.7. The summed E-state index contributed by atoms with van der Waals surface area (Å²) in [5.41, 5.74) is 2.40. The molecule has 4 fully saturated rings. The van der Waals surface area contributed by atoms with E-state index in [1.54, 1.807) is 56.0 Å². The summed E-state index contributed by atoms with van der Waals surface area (Å²) < 4.78 is 5.81. The predicted octanol–water partition coefficient (Wildman–Crippen LogP) is 15.2. The first kappa shape index (κ1) is 103.